The molecule has 3 rings (SSSR count). The Morgan fingerprint density at radius 2 is 1.78 bits per heavy atom. The molecule has 6 nitrogen and oxygen atoms in total. The van der Waals surface area contributed by atoms with Crippen LogP contribution in [0, 0.1) is 0 Å². The Hall–Kier alpha value is -2.02. The zero-order valence-corrected chi connectivity index (χ0v) is 17.3. The van der Waals surface area contributed by atoms with E-state index < -0.39 is 0 Å². The molecule has 1 saturated heterocycles. The molecular weight excluding hydrogens is 358 g/mol. The molecule has 1 aromatic carbocycles. The van der Waals surface area contributed by atoms with E-state index in [9.17, 15) is 4.79 Å². The molecule has 27 heavy (non-hydrogen) atoms. The summed E-state index contributed by atoms with van der Waals surface area (Å²) in [6.45, 7) is 9.44. The molecule has 0 radical (unpaired) electrons. The summed E-state index contributed by atoms with van der Waals surface area (Å²) < 4.78 is 2.10. The van der Waals surface area contributed by atoms with Crippen molar-refractivity contribution in [3.8, 4) is 5.69 Å². The molecule has 0 bridgehead atoms. The molecule has 146 valence electrons. The highest BCUT2D eigenvalue weighted by molar-refractivity contribution is 8.00. The average molecular weight is 388 g/mol. The van der Waals surface area contributed by atoms with Gasteiger partial charge < -0.3 is 9.80 Å². The summed E-state index contributed by atoms with van der Waals surface area (Å²) in [5.41, 5.74) is 1.04. The number of carbonyl (C=O) groups excluding carboxylic acids is 1. The molecule has 1 fully saturated rings. The molecule has 1 atom stereocenters. The van der Waals surface area contributed by atoms with Crippen LogP contribution in [0.2, 0.25) is 0 Å². The fraction of sp³-hybridized carbons (Fsp3) is 0.550. The number of amides is 1. The first-order chi connectivity index (χ1) is 13.2. The smallest absolute Gasteiger partial charge is 0.235 e. The Kier molecular flexibility index (Phi) is 6.77. The number of benzene rings is 1. The SMILES string of the molecule is CCN(CC)C(=O)C(C)Sc1nnc(N2CCCCC2)n1-c1ccccc1. The van der Waals surface area contributed by atoms with E-state index in [2.05, 4.69) is 31.8 Å². The van der Waals surface area contributed by atoms with Crippen LogP contribution in [0.25, 0.3) is 5.69 Å². The quantitative estimate of drug-likeness (QED) is 0.680. The van der Waals surface area contributed by atoms with E-state index in [0.717, 1.165) is 43.0 Å². The first-order valence-electron chi connectivity index (χ1n) is 9.87. The van der Waals surface area contributed by atoms with E-state index in [1.807, 2.05) is 43.9 Å². The van der Waals surface area contributed by atoms with Crippen molar-refractivity contribution >= 4 is 23.6 Å². The summed E-state index contributed by atoms with van der Waals surface area (Å²) >= 11 is 1.49. The molecule has 1 unspecified atom stereocenters. The van der Waals surface area contributed by atoms with Crippen molar-refractivity contribution in [1.29, 1.82) is 0 Å². The Balaban J connectivity index is 1.91. The van der Waals surface area contributed by atoms with Crippen LogP contribution >= 0.6 is 11.8 Å². The number of aromatic nitrogens is 3. The standard InChI is InChI=1S/C20H29N5OS/c1-4-23(5-2)18(26)16(3)27-20-22-21-19(24-14-10-7-11-15-24)25(20)17-12-8-6-9-13-17/h6,8-9,12-13,16H,4-5,7,10-11,14-15H2,1-3H3. The summed E-state index contributed by atoms with van der Waals surface area (Å²) in [7, 11) is 0. The molecule has 2 aromatic rings. The number of rotatable bonds is 7. The topological polar surface area (TPSA) is 54.3 Å². The van der Waals surface area contributed by atoms with Gasteiger partial charge in [-0.3, -0.25) is 9.36 Å². The third kappa shape index (κ3) is 4.46. The second kappa shape index (κ2) is 9.26. The van der Waals surface area contributed by atoms with Gasteiger partial charge in [0.15, 0.2) is 5.16 Å². The lowest BCUT2D eigenvalue weighted by molar-refractivity contribution is -0.129. The fourth-order valence-electron chi connectivity index (χ4n) is 3.44. The number of nitrogens with zero attached hydrogens (tertiary/aromatic N) is 5. The van der Waals surface area contributed by atoms with Crippen molar-refractivity contribution in [2.24, 2.45) is 0 Å². The Labute approximate surface area is 165 Å². The molecule has 0 aliphatic carbocycles. The van der Waals surface area contributed by atoms with Crippen LogP contribution in [0.1, 0.15) is 40.0 Å². The van der Waals surface area contributed by atoms with Gasteiger partial charge in [-0.25, -0.2) is 0 Å². The van der Waals surface area contributed by atoms with Crippen molar-refractivity contribution in [2.75, 3.05) is 31.1 Å². The molecule has 7 heteroatoms. The highest BCUT2D eigenvalue weighted by atomic mass is 32.2. The molecular formula is C20H29N5OS. The molecule has 0 spiro atoms. The largest absolute Gasteiger partial charge is 0.342 e. The van der Waals surface area contributed by atoms with Gasteiger partial charge in [0.25, 0.3) is 0 Å². The number of hydrogen-bond acceptors (Lipinski definition) is 5. The van der Waals surface area contributed by atoms with Crippen molar-refractivity contribution in [2.45, 2.75) is 50.4 Å². The molecule has 1 amide bonds. The number of para-hydroxylation sites is 1. The highest BCUT2D eigenvalue weighted by Crippen LogP contribution is 2.30. The first kappa shape index (κ1) is 19.7. The van der Waals surface area contributed by atoms with E-state index >= 15 is 0 Å². The summed E-state index contributed by atoms with van der Waals surface area (Å²) in [5.74, 6) is 1.03. The van der Waals surface area contributed by atoms with Crippen LogP contribution in [-0.2, 0) is 4.79 Å². The Morgan fingerprint density at radius 1 is 1.11 bits per heavy atom. The number of thioether (sulfide) groups is 1. The second-order valence-electron chi connectivity index (χ2n) is 6.77. The molecule has 0 N–H and O–H groups in total. The van der Waals surface area contributed by atoms with Gasteiger partial charge in [-0.2, -0.15) is 0 Å². The van der Waals surface area contributed by atoms with E-state index in [4.69, 9.17) is 0 Å². The fourth-order valence-corrected chi connectivity index (χ4v) is 4.39. The average Bonchev–Trinajstić information content (AvgIpc) is 3.13. The molecule has 1 aromatic heterocycles. The third-order valence-corrected chi connectivity index (χ3v) is 6.00. The van der Waals surface area contributed by atoms with Crippen LogP contribution in [0.4, 0.5) is 5.95 Å². The van der Waals surface area contributed by atoms with Crippen LogP contribution in [0.15, 0.2) is 35.5 Å². The van der Waals surface area contributed by atoms with Gasteiger partial charge in [-0.1, -0.05) is 30.0 Å². The first-order valence-corrected chi connectivity index (χ1v) is 10.7. The normalized spacial score (nSPS) is 15.6. The highest BCUT2D eigenvalue weighted by Gasteiger charge is 2.26. The Bertz CT molecular complexity index is 738. The van der Waals surface area contributed by atoms with Crippen molar-refractivity contribution in [3.05, 3.63) is 30.3 Å². The minimum Gasteiger partial charge on any atom is -0.342 e. The van der Waals surface area contributed by atoms with Crippen LogP contribution < -0.4 is 4.90 Å². The summed E-state index contributed by atoms with van der Waals surface area (Å²) in [6, 6.07) is 10.2. The van der Waals surface area contributed by atoms with Gasteiger partial charge in [0.05, 0.1) is 10.9 Å². The maximum Gasteiger partial charge on any atom is 0.235 e. The van der Waals surface area contributed by atoms with Gasteiger partial charge in [-0.15, -0.1) is 10.2 Å². The number of carbonyl (C=O) groups is 1. The Morgan fingerprint density at radius 3 is 2.41 bits per heavy atom. The number of hydrogen-bond donors (Lipinski definition) is 0. The predicted molar refractivity (Wildman–Crippen MR) is 111 cm³/mol. The van der Waals surface area contributed by atoms with Crippen LogP contribution in [0.5, 0.6) is 0 Å². The molecule has 2 heterocycles. The second-order valence-corrected chi connectivity index (χ2v) is 8.08. The lowest BCUT2D eigenvalue weighted by Crippen LogP contribution is -2.36. The zero-order chi connectivity index (χ0) is 19.2. The third-order valence-electron chi connectivity index (χ3n) is 4.97. The van der Waals surface area contributed by atoms with E-state index in [1.54, 1.807) is 0 Å². The predicted octanol–water partition coefficient (Wildman–Crippen LogP) is 3.61. The van der Waals surface area contributed by atoms with Crippen LogP contribution in [0.3, 0.4) is 0 Å². The van der Waals surface area contributed by atoms with Crippen molar-refractivity contribution in [1.82, 2.24) is 19.7 Å². The van der Waals surface area contributed by atoms with Gasteiger partial charge in [0, 0.05) is 26.2 Å². The summed E-state index contributed by atoms with van der Waals surface area (Å²) in [5, 5.41) is 9.54. The van der Waals surface area contributed by atoms with E-state index in [0.29, 0.717) is 0 Å². The number of piperidine rings is 1. The van der Waals surface area contributed by atoms with Crippen LogP contribution in [-0.4, -0.2) is 57.0 Å². The summed E-state index contributed by atoms with van der Waals surface area (Å²) in [6.07, 6.45) is 3.63. The minimum atomic E-state index is -0.203. The zero-order valence-electron chi connectivity index (χ0n) is 16.5. The molecule has 1 aliphatic rings. The maximum absolute atomic E-state index is 12.7. The molecule has 0 saturated carbocycles. The van der Waals surface area contributed by atoms with Gasteiger partial charge in [0.1, 0.15) is 0 Å². The lowest BCUT2D eigenvalue weighted by atomic mass is 10.1. The summed E-state index contributed by atoms with van der Waals surface area (Å²) in [4.78, 5) is 16.9. The van der Waals surface area contributed by atoms with Gasteiger partial charge in [0.2, 0.25) is 11.9 Å². The van der Waals surface area contributed by atoms with Crippen molar-refractivity contribution < 1.29 is 4.79 Å². The monoisotopic (exact) mass is 387 g/mol. The van der Waals surface area contributed by atoms with Gasteiger partial charge >= 0.3 is 0 Å². The maximum atomic E-state index is 12.7. The van der Waals surface area contributed by atoms with Crippen molar-refractivity contribution in [3.63, 3.8) is 0 Å². The minimum absolute atomic E-state index is 0.145. The van der Waals surface area contributed by atoms with E-state index in [-0.39, 0.29) is 11.2 Å². The number of anilines is 1. The lowest BCUT2D eigenvalue weighted by Gasteiger charge is -2.28. The van der Waals surface area contributed by atoms with E-state index in [1.165, 1.54) is 31.0 Å². The van der Waals surface area contributed by atoms with Gasteiger partial charge in [-0.05, 0) is 52.2 Å². The molecule has 1 aliphatic heterocycles.